The average Bonchev–Trinajstić information content (AvgIpc) is 2.85. The molecule has 1 N–H and O–H groups in total. The van der Waals surface area contributed by atoms with Crippen LogP contribution >= 0.6 is 11.6 Å². The molecule has 1 aromatic carbocycles. The maximum absolute atomic E-state index is 13.8. The molecule has 0 spiro atoms. The van der Waals surface area contributed by atoms with Gasteiger partial charge in [-0.15, -0.1) is 0 Å². The van der Waals surface area contributed by atoms with Gasteiger partial charge in [0, 0.05) is 5.02 Å². The summed E-state index contributed by atoms with van der Waals surface area (Å²) in [7, 11) is 1.97. The second-order valence-corrected chi connectivity index (χ2v) is 5.74. The molecule has 0 aliphatic heterocycles. The molecule has 100 valence electrons. The summed E-state index contributed by atoms with van der Waals surface area (Å²) in [6.45, 7) is 0.965. The van der Waals surface area contributed by atoms with Gasteiger partial charge in [-0.1, -0.05) is 43.4 Å². The Morgan fingerprint density at radius 1 is 1.39 bits per heavy atom. The van der Waals surface area contributed by atoms with Gasteiger partial charge >= 0.3 is 0 Å². The molecular weight excluding hydrogens is 249 g/mol. The first-order valence-electron chi connectivity index (χ1n) is 6.79. The van der Waals surface area contributed by atoms with E-state index in [-0.39, 0.29) is 5.82 Å². The molecule has 0 amide bonds. The van der Waals surface area contributed by atoms with Crippen LogP contribution in [0.15, 0.2) is 18.2 Å². The fourth-order valence-corrected chi connectivity index (χ4v) is 3.22. The Morgan fingerprint density at radius 2 is 2.11 bits per heavy atom. The van der Waals surface area contributed by atoms with Crippen LogP contribution in [-0.2, 0) is 6.42 Å². The van der Waals surface area contributed by atoms with E-state index >= 15 is 0 Å². The molecule has 0 aromatic heterocycles. The summed E-state index contributed by atoms with van der Waals surface area (Å²) >= 11 is 5.79. The van der Waals surface area contributed by atoms with Crippen LogP contribution in [0.3, 0.4) is 0 Å². The highest BCUT2D eigenvalue weighted by Gasteiger charge is 2.25. The van der Waals surface area contributed by atoms with E-state index < -0.39 is 0 Å². The van der Waals surface area contributed by atoms with Crippen molar-refractivity contribution < 1.29 is 4.39 Å². The van der Waals surface area contributed by atoms with Crippen molar-refractivity contribution in [3.8, 4) is 0 Å². The van der Waals surface area contributed by atoms with E-state index in [0.29, 0.717) is 10.9 Å². The molecule has 1 aliphatic carbocycles. The lowest BCUT2D eigenvalue weighted by molar-refractivity contribution is 0.325. The number of benzene rings is 1. The van der Waals surface area contributed by atoms with Crippen LogP contribution in [0, 0.1) is 17.7 Å². The minimum Gasteiger partial charge on any atom is -0.319 e. The molecule has 1 saturated carbocycles. The summed E-state index contributed by atoms with van der Waals surface area (Å²) in [6.07, 6.45) is 6.06. The fraction of sp³-hybridized carbons (Fsp3) is 0.600. The number of nitrogens with one attached hydrogen (secondary N) is 1. The molecule has 0 bridgehead atoms. The van der Waals surface area contributed by atoms with Crippen LogP contribution in [0.2, 0.25) is 5.02 Å². The Labute approximate surface area is 114 Å². The summed E-state index contributed by atoms with van der Waals surface area (Å²) in [5.74, 6) is 1.11. The first-order chi connectivity index (χ1) is 8.70. The molecule has 0 saturated heterocycles. The maximum atomic E-state index is 13.8. The van der Waals surface area contributed by atoms with E-state index in [1.54, 1.807) is 6.07 Å². The van der Waals surface area contributed by atoms with Gasteiger partial charge in [0.05, 0.1) is 0 Å². The van der Waals surface area contributed by atoms with Gasteiger partial charge in [0.2, 0.25) is 0 Å². The Bertz CT molecular complexity index is 388. The summed E-state index contributed by atoms with van der Waals surface area (Å²) < 4.78 is 13.8. The predicted octanol–water partition coefficient (Wildman–Crippen LogP) is 4.05. The zero-order valence-corrected chi connectivity index (χ0v) is 11.6. The van der Waals surface area contributed by atoms with E-state index in [1.165, 1.54) is 31.7 Å². The van der Waals surface area contributed by atoms with Crippen molar-refractivity contribution in [2.24, 2.45) is 11.8 Å². The Balaban J connectivity index is 2.07. The van der Waals surface area contributed by atoms with Crippen LogP contribution < -0.4 is 5.32 Å². The quantitative estimate of drug-likeness (QED) is 0.850. The summed E-state index contributed by atoms with van der Waals surface area (Å²) in [4.78, 5) is 0. The number of halogens is 2. The Morgan fingerprint density at radius 3 is 2.72 bits per heavy atom. The molecule has 1 aliphatic rings. The lowest BCUT2D eigenvalue weighted by Gasteiger charge is -2.23. The SMILES string of the molecule is CNCC(Cc1ccc(Cl)cc1F)C1CCCC1. The van der Waals surface area contributed by atoms with E-state index in [4.69, 9.17) is 11.6 Å². The first kappa shape index (κ1) is 13.8. The molecule has 0 radical (unpaired) electrons. The molecule has 18 heavy (non-hydrogen) atoms. The normalized spacial score (nSPS) is 18.2. The average molecular weight is 270 g/mol. The lowest BCUT2D eigenvalue weighted by Crippen LogP contribution is -2.26. The predicted molar refractivity (Wildman–Crippen MR) is 74.5 cm³/mol. The standard InChI is InChI=1S/C15H21ClFN/c1-18-10-13(11-4-2-3-5-11)8-12-6-7-14(16)9-15(12)17/h6-7,9,11,13,18H,2-5,8,10H2,1H3. The summed E-state index contributed by atoms with van der Waals surface area (Å²) in [5, 5.41) is 3.72. The molecule has 2 rings (SSSR count). The first-order valence-corrected chi connectivity index (χ1v) is 7.17. The van der Waals surface area contributed by atoms with Crippen LogP contribution in [0.5, 0.6) is 0 Å². The van der Waals surface area contributed by atoms with Crippen LogP contribution in [0.1, 0.15) is 31.2 Å². The minimum atomic E-state index is -0.165. The molecule has 0 heterocycles. The highest BCUT2D eigenvalue weighted by Crippen LogP contribution is 2.33. The third-order valence-corrected chi connectivity index (χ3v) is 4.27. The maximum Gasteiger partial charge on any atom is 0.127 e. The van der Waals surface area contributed by atoms with Gasteiger partial charge in [-0.25, -0.2) is 4.39 Å². The second-order valence-electron chi connectivity index (χ2n) is 5.30. The Kier molecular flexibility index (Phi) is 5.02. The summed E-state index contributed by atoms with van der Waals surface area (Å²) in [5.41, 5.74) is 0.798. The third kappa shape index (κ3) is 3.46. The Hall–Kier alpha value is -0.600. The van der Waals surface area contributed by atoms with E-state index in [2.05, 4.69) is 5.32 Å². The molecular formula is C15H21ClFN. The monoisotopic (exact) mass is 269 g/mol. The minimum absolute atomic E-state index is 0.165. The zero-order valence-electron chi connectivity index (χ0n) is 10.9. The fourth-order valence-electron chi connectivity index (χ4n) is 3.07. The molecule has 1 fully saturated rings. The number of rotatable bonds is 5. The highest BCUT2D eigenvalue weighted by atomic mass is 35.5. The van der Waals surface area contributed by atoms with Gasteiger partial charge in [-0.3, -0.25) is 0 Å². The van der Waals surface area contributed by atoms with Gasteiger partial charge in [-0.2, -0.15) is 0 Å². The summed E-state index contributed by atoms with van der Waals surface area (Å²) in [6, 6.07) is 5.03. The highest BCUT2D eigenvalue weighted by molar-refractivity contribution is 6.30. The van der Waals surface area contributed by atoms with E-state index in [9.17, 15) is 4.39 Å². The largest absolute Gasteiger partial charge is 0.319 e. The van der Waals surface area contributed by atoms with Gasteiger partial charge in [0.15, 0.2) is 0 Å². The zero-order chi connectivity index (χ0) is 13.0. The van der Waals surface area contributed by atoms with Crippen molar-refractivity contribution in [1.82, 2.24) is 5.32 Å². The van der Waals surface area contributed by atoms with Crippen molar-refractivity contribution in [3.05, 3.63) is 34.6 Å². The number of hydrogen-bond acceptors (Lipinski definition) is 1. The molecule has 1 unspecified atom stereocenters. The van der Waals surface area contributed by atoms with E-state index in [1.807, 2.05) is 13.1 Å². The molecule has 1 aromatic rings. The van der Waals surface area contributed by atoms with E-state index in [0.717, 1.165) is 24.4 Å². The van der Waals surface area contributed by atoms with Crippen LogP contribution in [-0.4, -0.2) is 13.6 Å². The van der Waals surface area contributed by atoms with Crippen molar-refractivity contribution in [3.63, 3.8) is 0 Å². The van der Waals surface area contributed by atoms with Gasteiger partial charge < -0.3 is 5.32 Å². The lowest BCUT2D eigenvalue weighted by atomic mass is 9.85. The van der Waals surface area contributed by atoms with Crippen molar-refractivity contribution >= 4 is 11.6 Å². The smallest absolute Gasteiger partial charge is 0.127 e. The van der Waals surface area contributed by atoms with Crippen LogP contribution in [0.4, 0.5) is 4.39 Å². The second kappa shape index (κ2) is 6.53. The van der Waals surface area contributed by atoms with Crippen molar-refractivity contribution in [2.75, 3.05) is 13.6 Å². The number of hydrogen-bond donors (Lipinski definition) is 1. The topological polar surface area (TPSA) is 12.0 Å². The van der Waals surface area contributed by atoms with Gasteiger partial charge in [0.1, 0.15) is 5.82 Å². The van der Waals surface area contributed by atoms with Gasteiger partial charge in [0.25, 0.3) is 0 Å². The molecule has 3 heteroatoms. The molecule has 1 nitrogen and oxygen atoms in total. The van der Waals surface area contributed by atoms with Crippen LogP contribution in [0.25, 0.3) is 0 Å². The van der Waals surface area contributed by atoms with Crippen molar-refractivity contribution in [2.45, 2.75) is 32.1 Å². The van der Waals surface area contributed by atoms with Crippen molar-refractivity contribution in [1.29, 1.82) is 0 Å². The van der Waals surface area contributed by atoms with Gasteiger partial charge in [-0.05, 0) is 49.5 Å². The third-order valence-electron chi connectivity index (χ3n) is 4.03. The molecule has 1 atom stereocenters.